The summed E-state index contributed by atoms with van der Waals surface area (Å²) in [5.74, 6) is 0.817. The number of nitrogens with two attached hydrogens (primary N) is 1. The molecule has 0 fully saturated rings. The lowest BCUT2D eigenvalue weighted by Crippen LogP contribution is -2.42. The number of nitrogens with one attached hydrogen (secondary N) is 1. The van der Waals surface area contributed by atoms with Crippen molar-refractivity contribution in [3.8, 4) is 5.75 Å². The molecule has 86 valence electrons. The molecule has 0 aliphatic carbocycles. The summed E-state index contributed by atoms with van der Waals surface area (Å²) in [5, 5.41) is 2.75. The van der Waals surface area contributed by atoms with E-state index in [1.54, 1.807) is 0 Å². The van der Waals surface area contributed by atoms with Crippen molar-refractivity contribution in [3.63, 3.8) is 0 Å². The molecule has 2 rings (SSSR count). The Kier molecular flexibility index (Phi) is 2.50. The molecular weight excluding hydrogens is 204 g/mol. The van der Waals surface area contributed by atoms with Crippen LogP contribution in [0.2, 0.25) is 0 Å². The molecule has 1 atom stereocenters. The van der Waals surface area contributed by atoms with Gasteiger partial charge in [0.05, 0.1) is 6.04 Å². The van der Waals surface area contributed by atoms with Crippen LogP contribution in [0.4, 0.5) is 4.79 Å². The molecule has 2 amide bonds. The summed E-state index contributed by atoms with van der Waals surface area (Å²) >= 11 is 0. The minimum atomic E-state index is -0.502. The van der Waals surface area contributed by atoms with Gasteiger partial charge in [-0.3, -0.25) is 0 Å². The number of para-hydroxylation sites is 1. The van der Waals surface area contributed by atoms with E-state index in [0.717, 1.165) is 11.3 Å². The number of hydrogen-bond acceptors (Lipinski definition) is 2. The minimum absolute atomic E-state index is 0.0718. The predicted molar refractivity (Wildman–Crippen MR) is 61.2 cm³/mol. The zero-order valence-electron chi connectivity index (χ0n) is 9.49. The number of primary amides is 1. The molecule has 0 spiro atoms. The van der Waals surface area contributed by atoms with E-state index in [4.69, 9.17) is 10.5 Å². The van der Waals surface area contributed by atoms with Gasteiger partial charge in [0.15, 0.2) is 0 Å². The Morgan fingerprint density at radius 3 is 2.88 bits per heavy atom. The van der Waals surface area contributed by atoms with Crippen LogP contribution in [0.3, 0.4) is 0 Å². The van der Waals surface area contributed by atoms with Crippen LogP contribution in [0.5, 0.6) is 5.75 Å². The molecule has 4 nitrogen and oxygen atoms in total. The first-order valence-corrected chi connectivity index (χ1v) is 5.32. The fourth-order valence-electron chi connectivity index (χ4n) is 2.10. The van der Waals surface area contributed by atoms with Gasteiger partial charge in [-0.05, 0) is 19.9 Å². The van der Waals surface area contributed by atoms with Crippen molar-refractivity contribution in [2.24, 2.45) is 5.73 Å². The quantitative estimate of drug-likeness (QED) is 0.759. The van der Waals surface area contributed by atoms with Crippen LogP contribution in [0.1, 0.15) is 31.9 Å². The predicted octanol–water partition coefficient (Wildman–Crippen LogP) is 1.96. The second-order valence-corrected chi connectivity index (χ2v) is 4.66. The first-order chi connectivity index (χ1) is 7.48. The Morgan fingerprint density at radius 2 is 2.19 bits per heavy atom. The van der Waals surface area contributed by atoms with E-state index in [1.807, 2.05) is 38.1 Å². The van der Waals surface area contributed by atoms with Gasteiger partial charge in [0.25, 0.3) is 0 Å². The highest BCUT2D eigenvalue weighted by atomic mass is 16.5. The smallest absolute Gasteiger partial charge is 0.312 e. The first-order valence-electron chi connectivity index (χ1n) is 5.32. The van der Waals surface area contributed by atoms with Gasteiger partial charge in [-0.1, -0.05) is 18.2 Å². The molecule has 0 bridgehead atoms. The molecule has 1 aromatic carbocycles. The summed E-state index contributed by atoms with van der Waals surface area (Å²) in [4.78, 5) is 11.0. The molecule has 1 aliphatic rings. The van der Waals surface area contributed by atoms with Crippen molar-refractivity contribution < 1.29 is 9.53 Å². The van der Waals surface area contributed by atoms with Crippen LogP contribution >= 0.6 is 0 Å². The molecule has 4 heteroatoms. The van der Waals surface area contributed by atoms with Gasteiger partial charge in [0.1, 0.15) is 11.4 Å². The molecule has 0 aromatic heterocycles. The van der Waals surface area contributed by atoms with Crippen molar-refractivity contribution in [2.45, 2.75) is 31.9 Å². The molecule has 0 saturated carbocycles. The standard InChI is InChI=1S/C12H16N2O2/c1-12(2)7-9(14-11(13)15)8-5-3-4-6-10(8)16-12/h3-6,9H,7H2,1-2H3,(H3,13,14,15). The van der Waals surface area contributed by atoms with Crippen molar-refractivity contribution in [1.29, 1.82) is 0 Å². The van der Waals surface area contributed by atoms with Crippen LogP contribution < -0.4 is 15.8 Å². The maximum Gasteiger partial charge on any atom is 0.312 e. The van der Waals surface area contributed by atoms with Crippen molar-refractivity contribution in [2.75, 3.05) is 0 Å². The highest BCUT2D eigenvalue weighted by Crippen LogP contribution is 2.38. The number of urea groups is 1. The fraction of sp³-hybridized carbons (Fsp3) is 0.417. The lowest BCUT2D eigenvalue weighted by atomic mass is 9.90. The van der Waals surface area contributed by atoms with Gasteiger partial charge in [0, 0.05) is 12.0 Å². The zero-order valence-corrected chi connectivity index (χ0v) is 9.49. The lowest BCUT2D eigenvalue weighted by Gasteiger charge is -2.37. The molecule has 1 unspecified atom stereocenters. The second-order valence-electron chi connectivity index (χ2n) is 4.66. The third-order valence-corrected chi connectivity index (χ3v) is 2.69. The van der Waals surface area contributed by atoms with Crippen molar-refractivity contribution >= 4 is 6.03 Å². The average Bonchev–Trinajstić information content (AvgIpc) is 2.14. The lowest BCUT2D eigenvalue weighted by molar-refractivity contribution is 0.0682. The van der Waals surface area contributed by atoms with Crippen LogP contribution in [-0.4, -0.2) is 11.6 Å². The third kappa shape index (κ3) is 2.10. The molecule has 0 saturated heterocycles. The average molecular weight is 220 g/mol. The molecule has 1 heterocycles. The van der Waals surface area contributed by atoms with E-state index >= 15 is 0 Å². The van der Waals surface area contributed by atoms with Crippen molar-refractivity contribution in [3.05, 3.63) is 29.8 Å². The normalized spacial score (nSPS) is 21.8. The third-order valence-electron chi connectivity index (χ3n) is 2.69. The summed E-state index contributed by atoms with van der Waals surface area (Å²) in [5.41, 5.74) is 5.87. The first kappa shape index (κ1) is 10.8. The molecule has 16 heavy (non-hydrogen) atoms. The number of ether oxygens (including phenoxy) is 1. The number of fused-ring (bicyclic) bond motifs is 1. The fourth-order valence-corrected chi connectivity index (χ4v) is 2.10. The van der Waals surface area contributed by atoms with E-state index in [0.29, 0.717) is 6.42 Å². The Labute approximate surface area is 94.8 Å². The Bertz CT molecular complexity index is 415. The summed E-state index contributed by atoms with van der Waals surface area (Å²) in [6.45, 7) is 4.00. The van der Waals surface area contributed by atoms with Crippen LogP contribution in [0, 0.1) is 0 Å². The second kappa shape index (κ2) is 3.70. The largest absolute Gasteiger partial charge is 0.487 e. The Morgan fingerprint density at radius 1 is 1.50 bits per heavy atom. The van der Waals surface area contributed by atoms with Crippen LogP contribution in [-0.2, 0) is 0 Å². The molecular formula is C12H16N2O2. The van der Waals surface area contributed by atoms with E-state index in [2.05, 4.69) is 5.32 Å². The van der Waals surface area contributed by atoms with Gasteiger partial charge in [-0.2, -0.15) is 0 Å². The van der Waals surface area contributed by atoms with E-state index in [1.165, 1.54) is 0 Å². The van der Waals surface area contributed by atoms with Crippen LogP contribution in [0.15, 0.2) is 24.3 Å². The number of hydrogen-bond donors (Lipinski definition) is 2. The summed E-state index contributed by atoms with van der Waals surface area (Å²) in [7, 11) is 0. The van der Waals surface area contributed by atoms with Gasteiger partial charge >= 0.3 is 6.03 Å². The van der Waals surface area contributed by atoms with Gasteiger partial charge in [0.2, 0.25) is 0 Å². The van der Waals surface area contributed by atoms with Gasteiger partial charge < -0.3 is 15.8 Å². The number of amides is 2. The number of rotatable bonds is 1. The van der Waals surface area contributed by atoms with Gasteiger partial charge in [-0.15, -0.1) is 0 Å². The number of benzene rings is 1. The number of carbonyl (C=O) groups is 1. The summed E-state index contributed by atoms with van der Waals surface area (Å²) in [6.07, 6.45) is 0.715. The maximum absolute atomic E-state index is 11.0. The highest BCUT2D eigenvalue weighted by molar-refractivity contribution is 5.72. The molecule has 1 aliphatic heterocycles. The monoisotopic (exact) mass is 220 g/mol. The molecule has 3 N–H and O–H groups in total. The van der Waals surface area contributed by atoms with E-state index in [-0.39, 0.29) is 11.6 Å². The minimum Gasteiger partial charge on any atom is -0.487 e. The number of carbonyl (C=O) groups excluding carboxylic acids is 1. The maximum atomic E-state index is 11.0. The van der Waals surface area contributed by atoms with E-state index in [9.17, 15) is 4.79 Å². The zero-order chi connectivity index (χ0) is 11.8. The Balaban J connectivity index is 2.35. The molecule has 1 aromatic rings. The Hall–Kier alpha value is -1.71. The van der Waals surface area contributed by atoms with Crippen LogP contribution in [0.25, 0.3) is 0 Å². The summed E-state index contributed by atoms with van der Waals surface area (Å²) in [6, 6.07) is 7.13. The molecule has 0 radical (unpaired) electrons. The van der Waals surface area contributed by atoms with Crippen molar-refractivity contribution in [1.82, 2.24) is 5.32 Å². The van der Waals surface area contributed by atoms with Gasteiger partial charge in [-0.25, -0.2) is 4.79 Å². The SMILES string of the molecule is CC1(C)CC(NC(N)=O)c2ccccc2O1. The topological polar surface area (TPSA) is 64.3 Å². The summed E-state index contributed by atoms with van der Waals surface area (Å²) < 4.78 is 5.84. The highest BCUT2D eigenvalue weighted by Gasteiger charge is 2.33. The van der Waals surface area contributed by atoms with E-state index < -0.39 is 6.03 Å².